The Balaban J connectivity index is 1.33. The smallest absolute Gasteiger partial charge is 0.281 e. The summed E-state index contributed by atoms with van der Waals surface area (Å²) in [5.41, 5.74) is 1.64. The number of piperidine rings is 1. The second-order valence-corrected chi connectivity index (χ2v) is 8.92. The highest BCUT2D eigenvalue weighted by Gasteiger charge is 2.41. The van der Waals surface area contributed by atoms with Crippen LogP contribution in [0.4, 0.5) is 5.69 Å². The number of anilines is 1. The highest BCUT2D eigenvalue weighted by molar-refractivity contribution is 5.65. The summed E-state index contributed by atoms with van der Waals surface area (Å²) in [6.45, 7) is 5.74. The molecule has 0 bridgehead atoms. The van der Waals surface area contributed by atoms with Gasteiger partial charge in [-0.25, -0.2) is 0 Å². The van der Waals surface area contributed by atoms with Crippen molar-refractivity contribution in [3.05, 3.63) is 23.8 Å². The number of rotatable bonds is 6. The Morgan fingerprint density at radius 3 is 2.60 bits per heavy atom. The molecule has 4 rings (SSSR count). The number of hydrogen-bond acceptors (Lipinski definition) is 7. The highest BCUT2D eigenvalue weighted by Crippen LogP contribution is 2.42. The molecule has 0 spiro atoms. The number of ether oxygens (including phenoxy) is 3. The van der Waals surface area contributed by atoms with Crippen LogP contribution in [-0.4, -0.2) is 67.5 Å². The first-order valence-corrected chi connectivity index (χ1v) is 11.1. The Labute approximate surface area is 179 Å². The van der Waals surface area contributed by atoms with Crippen molar-refractivity contribution in [3.63, 3.8) is 0 Å². The van der Waals surface area contributed by atoms with Crippen molar-refractivity contribution >= 4 is 5.69 Å². The minimum atomic E-state index is -0.972. The van der Waals surface area contributed by atoms with Crippen LogP contribution in [0.25, 0.3) is 0 Å². The molecule has 1 aromatic rings. The fourth-order valence-electron chi connectivity index (χ4n) is 5.23. The first kappa shape index (κ1) is 21.4. The van der Waals surface area contributed by atoms with Gasteiger partial charge in [0.05, 0.1) is 36.6 Å². The van der Waals surface area contributed by atoms with Crippen LogP contribution in [0.5, 0.6) is 5.75 Å². The fourth-order valence-corrected chi connectivity index (χ4v) is 5.23. The lowest BCUT2D eigenvalue weighted by molar-refractivity contribution is -0.0447. The van der Waals surface area contributed by atoms with Crippen molar-refractivity contribution in [1.82, 2.24) is 4.90 Å². The van der Waals surface area contributed by atoms with Gasteiger partial charge in [-0.2, -0.15) is 5.26 Å². The number of hydrogen-bond donors (Lipinski definition) is 1. The molecule has 164 valence electrons. The largest absolute Gasteiger partial charge is 0.445 e. The molecule has 0 aromatic heterocycles. The van der Waals surface area contributed by atoms with Crippen molar-refractivity contribution in [2.24, 2.45) is 0 Å². The van der Waals surface area contributed by atoms with Gasteiger partial charge in [0.15, 0.2) is 0 Å². The standard InChI is InChI=1S/C23H33N3O4/c1-23(9-5-19(6-10-23)29-14-13-28-2)25-11-7-18(8-12-25)26-20-15-17(16-24)3-4-21(20)30-22(26)27/h3-4,15,18-19,22,27H,5-14H2,1-2H3. The maximum atomic E-state index is 10.5. The molecule has 0 radical (unpaired) electrons. The number of methoxy groups -OCH3 is 1. The van der Waals surface area contributed by atoms with E-state index in [0.29, 0.717) is 30.6 Å². The first-order chi connectivity index (χ1) is 14.5. The molecule has 7 heteroatoms. The molecule has 7 nitrogen and oxygen atoms in total. The van der Waals surface area contributed by atoms with Gasteiger partial charge in [0.2, 0.25) is 0 Å². The third kappa shape index (κ3) is 4.28. The van der Waals surface area contributed by atoms with Gasteiger partial charge in [-0.05, 0) is 63.6 Å². The minimum absolute atomic E-state index is 0.212. The molecule has 0 amide bonds. The summed E-state index contributed by atoms with van der Waals surface area (Å²) in [4.78, 5) is 4.58. The topological polar surface area (TPSA) is 78.2 Å². The van der Waals surface area contributed by atoms with E-state index in [1.54, 1.807) is 19.2 Å². The van der Waals surface area contributed by atoms with Gasteiger partial charge in [-0.3, -0.25) is 4.90 Å². The molecular weight excluding hydrogens is 382 g/mol. The third-order valence-corrected chi connectivity index (χ3v) is 7.11. The Hall–Kier alpha value is -1.85. The van der Waals surface area contributed by atoms with Crippen LogP contribution in [0.3, 0.4) is 0 Å². The quantitative estimate of drug-likeness (QED) is 0.716. The van der Waals surface area contributed by atoms with Crippen LogP contribution in [0, 0.1) is 11.3 Å². The van der Waals surface area contributed by atoms with E-state index in [0.717, 1.165) is 57.3 Å². The zero-order chi connectivity index (χ0) is 21.1. The summed E-state index contributed by atoms with van der Waals surface area (Å²) in [6.07, 6.45) is 5.83. The Bertz CT molecular complexity index is 764. The number of nitrogens with zero attached hydrogens (tertiary/aromatic N) is 3. The molecular formula is C23H33N3O4. The van der Waals surface area contributed by atoms with Gasteiger partial charge in [0.25, 0.3) is 6.41 Å². The van der Waals surface area contributed by atoms with Crippen LogP contribution in [0.15, 0.2) is 18.2 Å². The van der Waals surface area contributed by atoms with Crippen molar-refractivity contribution in [3.8, 4) is 11.8 Å². The summed E-state index contributed by atoms with van der Waals surface area (Å²) >= 11 is 0. The molecule has 1 saturated heterocycles. The number of nitriles is 1. The molecule has 1 unspecified atom stereocenters. The molecule has 1 aromatic carbocycles. The molecule has 2 aliphatic heterocycles. The van der Waals surface area contributed by atoms with E-state index in [4.69, 9.17) is 14.2 Å². The molecule has 30 heavy (non-hydrogen) atoms. The maximum Gasteiger partial charge on any atom is 0.281 e. The van der Waals surface area contributed by atoms with E-state index in [1.165, 1.54) is 0 Å². The van der Waals surface area contributed by atoms with E-state index in [-0.39, 0.29) is 11.6 Å². The van der Waals surface area contributed by atoms with Gasteiger partial charge in [0.1, 0.15) is 5.75 Å². The minimum Gasteiger partial charge on any atom is -0.445 e. The van der Waals surface area contributed by atoms with Crippen LogP contribution in [0.1, 0.15) is 51.0 Å². The number of fused-ring (bicyclic) bond motifs is 1. The fraction of sp³-hybridized carbons (Fsp3) is 0.696. The van der Waals surface area contributed by atoms with Crippen LogP contribution >= 0.6 is 0 Å². The van der Waals surface area contributed by atoms with E-state index in [2.05, 4.69) is 17.9 Å². The summed E-state index contributed by atoms with van der Waals surface area (Å²) in [6, 6.07) is 7.72. The average Bonchev–Trinajstić information content (AvgIpc) is 3.10. The second-order valence-electron chi connectivity index (χ2n) is 8.92. The Kier molecular flexibility index (Phi) is 6.49. The highest BCUT2D eigenvalue weighted by atomic mass is 16.6. The van der Waals surface area contributed by atoms with Crippen molar-refractivity contribution < 1.29 is 19.3 Å². The maximum absolute atomic E-state index is 10.5. The van der Waals surface area contributed by atoms with E-state index in [1.807, 2.05) is 11.0 Å². The van der Waals surface area contributed by atoms with Crippen molar-refractivity contribution in [2.45, 2.75) is 69.5 Å². The lowest BCUT2D eigenvalue weighted by Crippen LogP contribution is -2.56. The Morgan fingerprint density at radius 2 is 1.93 bits per heavy atom. The van der Waals surface area contributed by atoms with Crippen LogP contribution < -0.4 is 9.64 Å². The molecule has 1 N–H and O–H groups in total. The van der Waals surface area contributed by atoms with Crippen molar-refractivity contribution in [1.29, 1.82) is 5.26 Å². The predicted molar refractivity (Wildman–Crippen MR) is 113 cm³/mol. The van der Waals surface area contributed by atoms with Crippen LogP contribution in [0.2, 0.25) is 0 Å². The van der Waals surface area contributed by atoms with Gasteiger partial charge in [0, 0.05) is 31.8 Å². The normalized spacial score (nSPS) is 30.0. The lowest BCUT2D eigenvalue weighted by atomic mass is 9.79. The molecule has 1 saturated carbocycles. The first-order valence-electron chi connectivity index (χ1n) is 11.1. The number of aliphatic hydroxyl groups is 1. The summed E-state index contributed by atoms with van der Waals surface area (Å²) in [5.74, 6) is 0.655. The average molecular weight is 416 g/mol. The summed E-state index contributed by atoms with van der Waals surface area (Å²) < 4.78 is 16.6. The molecule has 1 atom stereocenters. The van der Waals surface area contributed by atoms with Gasteiger partial charge in [-0.15, -0.1) is 0 Å². The molecule has 2 fully saturated rings. The van der Waals surface area contributed by atoms with Gasteiger partial charge in [-0.1, -0.05) is 0 Å². The van der Waals surface area contributed by atoms with E-state index >= 15 is 0 Å². The van der Waals surface area contributed by atoms with Gasteiger partial charge < -0.3 is 24.2 Å². The number of likely N-dealkylation sites (tertiary alicyclic amines) is 1. The SMILES string of the molecule is COCCOC1CCC(C)(N2CCC(N3c4cc(C#N)ccc4OC3O)CC2)CC1. The zero-order valence-electron chi connectivity index (χ0n) is 18.0. The molecule has 3 aliphatic rings. The predicted octanol–water partition coefficient (Wildman–Crippen LogP) is 2.86. The molecule has 2 heterocycles. The molecule has 1 aliphatic carbocycles. The lowest BCUT2D eigenvalue weighted by Gasteiger charge is -2.49. The van der Waals surface area contributed by atoms with Crippen molar-refractivity contribution in [2.75, 3.05) is 38.3 Å². The monoisotopic (exact) mass is 415 g/mol. The van der Waals surface area contributed by atoms with E-state index < -0.39 is 6.41 Å². The zero-order valence-corrected chi connectivity index (χ0v) is 18.0. The Morgan fingerprint density at radius 1 is 1.20 bits per heavy atom. The van der Waals surface area contributed by atoms with Crippen LogP contribution in [-0.2, 0) is 9.47 Å². The summed E-state index contributed by atoms with van der Waals surface area (Å²) in [5, 5.41) is 19.7. The van der Waals surface area contributed by atoms with Gasteiger partial charge >= 0.3 is 0 Å². The second kappa shape index (κ2) is 9.11. The number of benzene rings is 1. The van der Waals surface area contributed by atoms with E-state index in [9.17, 15) is 10.4 Å². The summed E-state index contributed by atoms with van der Waals surface area (Å²) in [7, 11) is 1.71. The number of aliphatic hydroxyl groups excluding tert-OH is 1. The third-order valence-electron chi connectivity index (χ3n) is 7.11.